The molecule has 0 N–H and O–H groups in total. The largest absolute Gasteiger partial charge is 0.336 e. The van der Waals surface area contributed by atoms with Gasteiger partial charge in [-0.15, -0.1) is 0 Å². The lowest BCUT2D eigenvalue weighted by Gasteiger charge is -2.26. The smallest absolute Gasteiger partial charge is 0.254 e. The number of hydrogen-bond donors (Lipinski definition) is 0. The van der Waals surface area contributed by atoms with E-state index in [9.17, 15) is 19.2 Å². The molecule has 0 radical (unpaired) electrons. The second-order valence-electron chi connectivity index (χ2n) is 5.89. The van der Waals surface area contributed by atoms with E-state index in [1.54, 1.807) is 29.2 Å². The SMILES string of the molecule is CC(C)N(CCC(=O)Cl)C(=O)c1ccc(SN2C(=O)CCC2=O)cc1. The summed E-state index contributed by atoms with van der Waals surface area (Å²) in [6.45, 7) is 3.99. The molecular formula is C17H19ClN2O4S. The van der Waals surface area contributed by atoms with Crippen LogP contribution in [0.1, 0.15) is 43.5 Å². The number of amides is 3. The van der Waals surface area contributed by atoms with Crippen LogP contribution in [-0.4, -0.2) is 44.8 Å². The summed E-state index contributed by atoms with van der Waals surface area (Å²) in [7, 11) is 0. The van der Waals surface area contributed by atoms with Gasteiger partial charge in [0.05, 0.1) is 0 Å². The van der Waals surface area contributed by atoms with Crippen molar-refractivity contribution in [3.63, 3.8) is 0 Å². The third-order valence-electron chi connectivity index (χ3n) is 3.74. The van der Waals surface area contributed by atoms with Crippen LogP contribution >= 0.6 is 23.5 Å². The van der Waals surface area contributed by atoms with Gasteiger partial charge in [0.15, 0.2) is 0 Å². The van der Waals surface area contributed by atoms with Crippen molar-refractivity contribution in [3.8, 4) is 0 Å². The Kier molecular flexibility index (Phi) is 6.61. The summed E-state index contributed by atoms with van der Waals surface area (Å²) in [5, 5.41) is -0.481. The molecule has 2 rings (SSSR count). The second-order valence-corrected chi connectivity index (χ2v) is 7.34. The Hall–Kier alpha value is -1.86. The van der Waals surface area contributed by atoms with Crippen LogP contribution in [0.5, 0.6) is 0 Å². The predicted octanol–water partition coefficient (Wildman–Crippen LogP) is 2.85. The molecular weight excluding hydrogens is 364 g/mol. The number of benzene rings is 1. The molecule has 1 aliphatic rings. The van der Waals surface area contributed by atoms with Crippen molar-refractivity contribution >= 4 is 46.5 Å². The zero-order valence-corrected chi connectivity index (χ0v) is 15.6. The lowest BCUT2D eigenvalue weighted by atomic mass is 10.1. The predicted molar refractivity (Wildman–Crippen MR) is 95.0 cm³/mol. The highest BCUT2D eigenvalue weighted by molar-refractivity contribution is 7.98. The number of carbonyl (C=O) groups excluding carboxylic acids is 4. The summed E-state index contributed by atoms with van der Waals surface area (Å²) < 4.78 is 1.16. The summed E-state index contributed by atoms with van der Waals surface area (Å²) in [5.41, 5.74) is 0.471. The quantitative estimate of drug-likeness (QED) is 0.412. The summed E-state index contributed by atoms with van der Waals surface area (Å²) in [5.74, 6) is -0.600. The molecule has 1 saturated heterocycles. The molecule has 0 saturated carbocycles. The first kappa shape index (κ1) is 19.5. The average molecular weight is 383 g/mol. The summed E-state index contributed by atoms with van der Waals surface area (Å²) in [4.78, 5) is 49.1. The molecule has 0 unspecified atom stereocenters. The second kappa shape index (κ2) is 8.49. The Morgan fingerprint density at radius 2 is 1.72 bits per heavy atom. The summed E-state index contributed by atoms with van der Waals surface area (Å²) >= 11 is 6.43. The summed E-state index contributed by atoms with van der Waals surface area (Å²) in [6, 6.07) is 6.61. The number of hydrogen-bond acceptors (Lipinski definition) is 5. The number of carbonyl (C=O) groups is 4. The highest BCUT2D eigenvalue weighted by atomic mass is 35.5. The van der Waals surface area contributed by atoms with E-state index in [0.717, 1.165) is 16.3 Å². The van der Waals surface area contributed by atoms with Gasteiger partial charge in [0.25, 0.3) is 5.91 Å². The van der Waals surface area contributed by atoms with Crippen molar-refractivity contribution in [2.24, 2.45) is 0 Å². The fourth-order valence-electron chi connectivity index (χ4n) is 2.39. The molecule has 6 nitrogen and oxygen atoms in total. The Balaban J connectivity index is 2.07. The Labute approximate surface area is 155 Å². The van der Waals surface area contributed by atoms with Gasteiger partial charge < -0.3 is 4.90 Å². The zero-order valence-electron chi connectivity index (χ0n) is 14.0. The molecule has 134 valence electrons. The first-order chi connectivity index (χ1) is 11.8. The fraction of sp³-hybridized carbons (Fsp3) is 0.412. The summed E-state index contributed by atoms with van der Waals surface area (Å²) in [6.07, 6.45) is 0.578. The molecule has 0 aromatic heterocycles. The maximum Gasteiger partial charge on any atom is 0.254 e. The van der Waals surface area contributed by atoms with Gasteiger partial charge >= 0.3 is 0 Å². The third kappa shape index (κ3) is 5.06. The highest BCUT2D eigenvalue weighted by Crippen LogP contribution is 2.28. The maximum atomic E-state index is 12.6. The van der Waals surface area contributed by atoms with E-state index in [2.05, 4.69) is 0 Å². The monoisotopic (exact) mass is 382 g/mol. The minimum Gasteiger partial charge on any atom is -0.336 e. The van der Waals surface area contributed by atoms with Gasteiger partial charge in [-0.25, -0.2) is 4.31 Å². The minimum atomic E-state index is -0.481. The molecule has 0 spiro atoms. The van der Waals surface area contributed by atoms with E-state index in [-0.39, 0.29) is 49.6 Å². The number of halogens is 1. The van der Waals surface area contributed by atoms with E-state index in [1.807, 2.05) is 13.8 Å². The molecule has 0 aliphatic carbocycles. The first-order valence-electron chi connectivity index (χ1n) is 7.92. The molecule has 8 heteroatoms. The Bertz CT molecular complexity index is 674. The van der Waals surface area contributed by atoms with Crippen molar-refractivity contribution in [2.75, 3.05) is 6.54 Å². The van der Waals surface area contributed by atoms with Crippen molar-refractivity contribution in [1.82, 2.24) is 9.21 Å². The number of nitrogens with zero attached hydrogens (tertiary/aromatic N) is 2. The maximum absolute atomic E-state index is 12.6. The van der Waals surface area contributed by atoms with Crippen LogP contribution in [0.2, 0.25) is 0 Å². The Morgan fingerprint density at radius 3 is 2.20 bits per heavy atom. The standard InChI is InChI=1S/C17H19ClN2O4S/c1-11(2)19(10-9-14(18)21)17(24)12-3-5-13(6-4-12)25-20-15(22)7-8-16(20)23/h3-6,11H,7-10H2,1-2H3. The van der Waals surface area contributed by atoms with Crippen molar-refractivity contribution < 1.29 is 19.2 Å². The molecule has 1 heterocycles. The lowest BCUT2D eigenvalue weighted by Crippen LogP contribution is -2.38. The fourth-order valence-corrected chi connectivity index (χ4v) is 3.33. The van der Waals surface area contributed by atoms with Gasteiger partial charge in [-0.3, -0.25) is 19.2 Å². The van der Waals surface area contributed by atoms with E-state index in [1.165, 1.54) is 0 Å². The van der Waals surface area contributed by atoms with Crippen LogP contribution in [0.3, 0.4) is 0 Å². The van der Waals surface area contributed by atoms with Gasteiger partial charge in [-0.05, 0) is 61.7 Å². The van der Waals surface area contributed by atoms with Crippen LogP contribution in [-0.2, 0) is 14.4 Å². The Morgan fingerprint density at radius 1 is 1.16 bits per heavy atom. The average Bonchev–Trinajstić information content (AvgIpc) is 2.87. The van der Waals surface area contributed by atoms with Crippen molar-refractivity contribution in [1.29, 1.82) is 0 Å². The zero-order chi connectivity index (χ0) is 18.6. The van der Waals surface area contributed by atoms with Gasteiger partial charge in [-0.1, -0.05) is 0 Å². The molecule has 0 atom stereocenters. The van der Waals surface area contributed by atoms with E-state index < -0.39 is 5.24 Å². The van der Waals surface area contributed by atoms with Crippen LogP contribution in [0, 0.1) is 0 Å². The van der Waals surface area contributed by atoms with Crippen molar-refractivity contribution in [2.45, 2.75) is 44.0 Å². The number of rotatable bonds is 7. The molecule has 25 heavy (non-hydrogen) atoms. The van der Waals surface area contributed by atoms with Crippen LogP contribution in [0.4, 0.5) is 0 Å². The molecule has 1 aromatic carbocycles. The third-order valence-corrected chi connectivity index (χ3v) is 5.00. The number of imide groups is 1. The van der Waals surface area contributed by atoms with Crippen LogP contribution in [0.15, 0.2) is 29.2 Å². The van der Waals surface area contributed by atoms with Gasteiger partial charge in [0, 0.05) is 42.3 Å². The van der Waals surface area contributed by atoms with E-state index in [4.69, 9.17) is 11.6 Å². The minimum absolute atomic E-state index is 0.0718. The van der Waals surface area contributed by atoms with Crippen LogP contribution in [0.25, 0.3) is 0 Å². The van der Waals surface area contributed by atoms with E-state index >= 15 is 0 Å². The van der Waals surface area contributed by atoms with Gasteiger partial charge in [0.1, 0.15) is 0 Å². The van der Waals surface area contributed by atoms with E-state index in [0.29, 0.717) is 10.5 Å². The highest BCUT2D eigenvalue weighted by Gasteiger charge is 2.30. The van der Waals surface area contributed by atoms with Gasteiger partial charge in [-0.2, -0.15) is 0 Å². The molecule has 1 aliphatic heterocycles. The normalized spacial score (nSPS) is 14.3. The topological polar surface area (TPSA) is 74.8 Å². The van der Waals surface area contributed by atoms with Crippen LogP contribution < -0.4 is 0 Å². The molecule has 1 fully saturated rings. The molecule has 1 aromatic rings. The van der Waals surface area contributed by atoms with Gasteiger partial charge in [0.2, 0.25) is 17.1 Å². The first-order valence-corrected chi connectivity index (χ1v) is 9.08. The molecule has 0 bridgehead atoms. The lowest BCUT2D eigenvalue weighted by molar-refractivity contribution is -0.131. The van der Waals surface area contributed by atoms with Crippen molar-refractivity contribution in [3.05, 3.63) is 29.8 Å². The molecule has 3 amide bonds.